The summed E-state index contributed by atoms with van der Waals surface area (Å²) in [4.78, 5) is 62.9. The predicted molar refractivity (Wildman–Crippen MR) is 208 cm³/mol. The van der Waals surface area contributed by atoms with Crippen LogP contribution in [0.25, 0.3) is 0 Å². The molecule has 0 spiro atoms. The Morgan fingerprint density at radius 2 is 1.05 bits per heavy atom. The first kappa shape index (κ1) is 42.8. The van der Waals surface area contributed by atoms with Crippen molar-refractivity contribution in [2.75, 3.05) is 67.9 Å². The molecule has 3 heterocycles. The molecule has 5 aliphatic rings. The highest BCUT2D eigenvalue weighted by Crippen LogP contribution is 2.42. The second-order valence-electron chi connectivity index (χ2n) is 14.5. The highest BCUT2D eigenvalue weighted by atomic mass is 16.5. The monoisotopic (exact) mass is 818 g/mol. The van der Waals surface area contributed by atoms with Gasteiger partial charge in [0.2, 0.25) is 0 Å². The standard InChI is InChI=1S/C16H19NO5.C15H18N2O5.C11H13NO3/c1-20-14(18)11-3-4-12-10-17(7-8-22-13(12)9-11)15(19)16(21-2)5-6-16;1-21-15(4-5-15)14(19)17-6-7-22-12-8-10(13(18)16-20)2-3-11(12)9-17;1-14-11(13)8-2-3-9-7-12-4-5-15-10(9)6-8/h3-4,9H,5-8,10H2,1-2H3;2-3,8,20H,4-7,9H2,1H3,(H,16,18);2-3,6,12H,4-5,7H2,1H3. The average molecular weight is 819 g/mol. The molecule has 17 heteroatoms. The Hall–Kier alpha value is -5.75. The fourth-order valence-corrected chi connectivity index (χ4v) is 6.89. The summed E-state index contributed by atoms with van der Waals surface area (Å²) in [7, 11) is 5.86. The van der Waals surface area contributed by atoms with E-state index in [-0.39, 0.29) is 17.8 Å². The van der Waals surface area contributed by atoms with Crippen molar-refractivity contribution in [1.29, 1.82) is 0 Å². The minimum absolute atomic E-state index is 0.0105. The third kappa shape index (κ3) is 9.93. The van der Waals surface area contributed by atoms with Crippen LogP contribution in [0.5, 0.6) is 17.2 Å². The minimum atomic E-state index is -0.652. The van der Waals surface area contributed by atoms with Crippen molar-refractivity contribution < 1.29 is 62.3 Å². The molecule has 0 aromatic heterocycles. The van der Waals surface area contributed by atoms with Crippen LogP contribution in [-0.4, -0.2) is 124 Å². The van der Waals surface area contributed by atoms with Crippen LogP contribution in [-0.2, 0) is 48.2 Å². The Labute approximate surface area is 341 Å². The molecule has 0 saturated heterocycles. The molecule has 3 aromatic rings. The topological polar surface area (TPSA) is 201 Å². The number of hydroxylamine groups is 1. The van der Waals surface area contributed by atoms with Gasteiger partial charge in [-0.3, -0.25) is 19.6 Å². The van der Waals surface area contributed by atoms with Gasteiger partial charge in [0.1, 0.15) is 48.3 Å². The van der Waals surface area contributed by atoms with Crippen molar-refractivity contribution in [2.45, 2.75) is 56.5 Å². The quantitative estimate of drug-likeness (QED) is 0.179. The third-order valence-corrected chi connectivity index (χ3v) is 10.8. The fraction of sp³-hybridized carbons (Fsp3) is 0.452. The lowest BCUT2D eigenvalue weighted by atomic mass is 10.1. The summed E-state index contributed by atoms with van der Waals surface area (Å²) in [5.74, 6) is 0.618. The first-order chi connectivity index (χ1) is 28.5. The number of carbonyl (C=O) groups is 5. The summed E-state index contributed by atoms with van der Waals surface area (Å²) in [5.41, 5.74) is 4.36. The summed E-state index contributed by atoms with van der Waals surface area (Å²) in [6.07, 6.45) is 3.05. The lowest BCUT2D eigenvalue weighted by Gasteiger charge is -2.24. The maximum absolute atomic E-state index is 12.6. The maximum Gasteiger partial charge on any atom is 0.337 e. The molecule has 3 amide bonds. The van der Waals surface area contributed by atoms with Gasteiger partial charge in [0.15, 0.2) is 0 Å². The Morgan fingerprint density at radius 3 is 1.49 bits per heavy atom. The number of nitrogens with one attached hydrogen (secondary N) is 2. The molecule has 2 aliphatic carbocycles. The Bertz CT molecular complexity index is 1940. The van der Waals surface area contributed by atoms with E-state index in [0.717, 1.165) is 61.2 Å². The van der Waals surface area contributed by atoms with Gasteiger partial charge < -0.3 is 48.3 Å². The molecule has 2 fully saturated rings. The molecule has 8 rings (SSSR count). The molecule has 0 unspecified atom stereocenters. The van der Waals surface area contributed by atoms with Crippen LogP contribution in [0, 0.1) is 0 Å². The lowest BCUT2D eigenvalue weighted by Crippen LogP contribution is -2.42. The largest absolute Gasteiger partial charge is 0.492 e. The summed E-state index contributed by atoms with van der Waals surface area (Å²) in [6.45, 7) is 4.82. The number of esters is 2. The van der Waals surface area contributed by atoms with Gasteiger partial charge in [-0.05, 0) is 62.1 Å². The SMILES string of the molecule is COC(=O)c1ccc2c(c1)OCCN(C(=O)C1(OC)CC1)C2.COC(=O)c1ccc2c(c1)OCCNC2.COC1(C(=O)N2CCOc3cc(C(=O)NO)ccc3C2)CC1. The summed E-state index contributed by atoms with van der Waals surface area (Å²) >= 11 is 0. The van der Waals surface area contributed by atoms with Crippen LogP contribution in [0.2, 0.25) is 0 Å². The van der Waals surface area contributed by atoms with Crippen molar-refractivity contribution >= 4 is 29.7 Å². The van der Waals surface area contributed by atoms with E-state index in [1.54, 1.807) is 78.0 Å². The Morgan fingerprint density at radius 1 is 0.627 bits per heavy atom. The van der Waals surface area contributed by atoms with Crippen LogP contribution in [0.4, 0.5) is 0 Å². The van der Waals surface area contributed by atoms with E-state index in [1.165, 1.54) is 14.2 Å². The van der Waals surface area contributed by atoms with Crippen molar-refractivity contribution in [3.05, 3.63) is 88.0 Å². The molecule has 0 bridgehead atoms. The van der Waals surface area contributed by atoms with Crippen LogP contribution >= 0.6 is 0 Å². The smallest absolute Gasteiger partial charge is 0.337 e. The van der Waals surface area contributed by atoms with Crippen molar-refractivity contribution in [1.82, 2.24) is 20.6 Å². The van der Waals surface area contributed by atoms with E-state index in [4.69, 9.17) is 33.6 Å². The zero-order valence-electron chi connectivity index (χ0n) is 33.6. The van der Waals surface area contributed by atoms with Crippen molar-refractivity contribution in [2.24, 2.45) is 0 Å². The van der Waals surface area contributed by atoms with Crippen LogP contribution < -0.4 is 25.0 Å². The highest BCUT2D eigenvalue weighted by Gasteiger charge is 2.53. The molecular formula is C42H50N4O13. The second-order valence-corrected chi connectivity index (χ2v) is 14.5. The van der Waals surface area contributed by atoms with Crippen LogP contribution in [0.15, 0.2) is 54.6 Å². The van der Waals surface area contributed by atoms with Crippen LogP contribution in [0.3, 0.4) is 0 Å². The first-order valence-electron chi connectivity index (χ1n) is 19.3. The zero-order valence-corrected chi connectivity index (χ0v) is 33.6. The summed E-state index contributed by atoms with van der Waals surface area (Å²) in [5, 5.41) is 11.9. The van der Waals surface area contributed by atoms with Crippen molar-refractivity contribution in [3.8, 4) is 17.2 Å². The molecule has 0 radical (unpaired) electrons. The number of nitrogens with zero attached hydrogens (tertiary/aromatic N) is 2. The minimum Gasteiger partial charge on any atom is -0.492 e. The summed E-state index contributed by atoms with van der Waals surface area (Å²) in [6, 6.07) is 15.4. The van der Waals surface area contributed by atoms with Gasteiger partial charge in [0.05, 0.1) is 38.4 Å². The number of hydrogen-bond donors (Lipinski definition) is 3. The molecule has 17 nitrogen and oxygen atoms in total. The fourth-order valence-electron chi connectivity index (χ4n) is 6.89. The molecule has 3 aromatic carbocycles. The molecule has 2 saturated carbocycles. The normalized spacial score (nSPS) is 17.7. The number of ether oxygens (including phenoxy) is 7. The Kier molecular flexibility index (Phi) is 13.7. The number of carbonyl (C=O) groups excluding carboxylic acids is 5. The lowest BCUT2D eigenvalue weighted by molar-refractivity contribution is -0.146. The molecule has 3 aliphatic heterocycles. The number of methoxy groups -OCH3 is 4. The average Bonchev–Trinajstić information content (AvgIpc) is 4.18. The number of rotatable bonds is 7. The van der Waals surface area contributed by atoms with E-state index >= 15 is 0 Å². The zero-order chi connectivity index (χ0) is 42.2. The first-order valence-corrected chi connectivity index (χ1v) is 19.3. The third-order valence-electron chi connectivity index (χ3n) is 10.8. The number of amides is 3. The molecule has 3 N–H and O–H groups in total. The number of benzene rings is 3. The Balaban J connectivity index is 0.000000152. The number of fused-ring (bicyclic) bond motifs is 3. The second kappa shape index (κ2) is 18.9. The molecule has 59 heavy (non-hydrogen) atoms. The highest BCUT2D eigenvalue weighted by molar-refractivity contribution is 5.94. The van der Waals surface area contributed by atoms with Gasteiger partial charge >= 0.3 is 11.9 Å². The summed E-state index contributed by atoms with van der Waals surface area (Å²) < 4.78 is 36.9. The van der Waals surface area contributed by atoms with Gasteiger partial charge in [-0.15, -0.1) is 0 Å². The van der Waals surface area contributed by atoms with E-state index in [1.807, 2.05) is 6.07 Å². The number of hydrogen-bond acceptors (Lipinski definition) is 14. The van der Waals surface area contributed by atoms with Gasteiger partial charge in [0, 0.05) is 62.7 Å². The van der Waals surface area contributed by atoms with Crippen LogP contribution in [0.1, 0.15) is 73.4 Å². The molecular weight excluding hydrogens is 768 g/mol. The van der Waals surface area contributed by atoms with E-state index in [0.29, 0.717) is 74.2 Å². The predicted octanol–water partition coefficient (Wildman–Crippen LogP) is 3.03. The molecule has 0 atom stereocenters. The van der Waals surface area contributed by atoms with Crippen molar-refractivity contribution in [3.63, 3.8) is 0 Å². The van der Waals surface area contributed by atoms with Gasteiger partial charge in [-0.1, -0.05) is 18.2 Å². The maximum atomic E-state index is 12.6. The van der Waals surface area contributed by atoms with Gasteiger partial charge in [0.25, 0.3) is 17.7 Å². The molecule has 316 valence electrons. The van der Waals surface area contributed by atoms with Gasteiger partial charge in [-0.2, -0.15) is 0 Å². The van der Waals surface area contributed by atoms with E-state index < -0.39 is 23.1 Å². The van der Waals surface area contributed by atoms with E-state index in [2.05, 4.69) is 10.1 Å². The van der Waals surface area contributed by atoms with E-state index in [9.17, 15) is 24.0 Å². The van der Waals surface area contributed by atoms with Gasteiger partial charge in [-0.25, -0.2) is 15.1 Å².